The van der Waals surface area contributed by atoms with Crippen molar-refractivity contribution >= 4 is 11.9 Å². The lowest BCUT2D eigenvalue weighted by Crippen LogP contribution is -2.49. The average molecular weight is 254 g/mol. The average Bonchev–Trinajstić information content (AvgIpc) is 2.89. The van der Waals surface area contributed by atoms with Crippen molar-refractivity contribution in [2.75, 3.05) is 26.2 Å². The zero-order chi connectivity index (χ0) is 13.0. The molecule has 6 nitrogen and oxygen atoms in total. The van der Waals surface area contributed by atoms with Crippen LogP contribution in [0.3, 0.4) is 0 Å². The van der Waals surface area contributed by atoms with Gasteiger partial charge in [-0.15, -0.1) is 0 Å². The summed E-state index contributed by atoms with van der Waals surface area (Å²) in [5.41, 5.74) is 5.06. The van der Waals surface area contributed by atoms with E-state index in [1.807, 2.05) is 4.90 Å². The first-order valence-electron chi connectivity index (χ1n) is 6.72. The summed E-state index contributed by atoms with van der Waals surface area (Å²) in [7, 11) is 0. The van der Waals surface area contributed by atoms with Gasteiger partial charge in [0.25, 0.3) is 0 Å². The van der Waals surface area contributed by atoms with Gasteiger partial charge in [0.2, 0.25) is 5.91 Å². The molecule has 0 bridgehead atoms. The van der Waals surface area contributed by atoms with Gasteiger partial charge >= 0.3 is 6.03 Å². The summed E-state index contributed by atoms with van der Waals surface area (Å²) in [4.78, 5) is 24.9. The number of piperidine rings is 1. The van der Waals surface area contributed by atoms with Crippen LogP contribution in [-0.2, 0) is 4.79 Å². The number of nitrogens with two attached hydrogens (primary N) is 1. The minimum Gasteiger partial charge on any atom is -0.352 e. The summed E-state index contributed by atoms with van der Waals surface area (Å²) in [5, 5.41) is 5.87. The number of nitrogens with zero attached hydrogens (tertiary/aromatic N) is 1. The largest absolute Gasteiger partial charge is 0.352 e. The maximum atomic E-state index is 12.2. The summed E-state index contributed by atoms with van der Waals surface area (Å²) in [6.45, 7) is 3.08. The molecule has 0 radical (unpaired) electrons. The van der Waals surface area contributed by atoms with Crippen LogP contribution >= 0.6 is 0 Å². The molecule has 2 heterocycles. The molecule has 2 aliphatic heterocycles. The zero-order valence-electron chi connectivity index (χ0n) is 10.7. The number of amides is 3. The first-order chi connectivity index (χ1) is 8.66. The molecular weight excluding hydrogens is 232 g/mol. The normalized spacial score (nSPS) is 28.1. The van der Waals surface area contributed by atoms with Crippen LogP contribution in [0.25, 0.3) is 0 Å². The lowest BCUT2D eigenvalue weighted by Gasteiger charge is -2.34. The monoisotopic (exact) mass is 254 g/mol. The Bertz CT molecular complexity index is 315. The molecule has 2 saturated heterocycles. The highest BCUT2D eigenvalue weighted by Gasteiger charge is 2.30. The minimum atomic E-state index is -0.490. The topological polar surface area (TPSA) is 87.5 Å². The molecule has 6 heteroatoms. The summed E-state index contributed by atoms with van der Waals surface area (Å²) >= 11 is 0. The van der Waals surface area contributed by atoms with Crippen LogP contribution in [0.15, 0.2) is 0 Å². The second-order valence-corrected chi connectivity index (χ2v) is 5.19. The summed E-state index contributed by atoms with van der Waals surface area (Å²) in [5.74, 6) is 0.549. The second kappa shape index (κ2) is 6.04. The van der Waals surface area contributed by atoms with E-state index in [1.54, 1.807) is 0 Å². The number of urea groups is 1. The Labute approximate surface area is 107 Å². The highest BCUT2D eigenvalue weighted by atomic mass is 16.2. The third-order valence-corrected chi connectivity index (χ3v) is 3.75. The number of likely N-dealkylation sites (tertiary alicyclic amines) is 1. The van der Waals surface area contributed by atoms with Crippen molar-refractivity contribution in [3.63, 3.8) is 0 Å². The molecule has 0 aromatic carbocycles. The SMILES string of the molecule is NC(=O)NCC1CCCN(C(=O)[C@H]2CCCN2)C1. The predicted molar refractivity (Wildman–Crippen MR) is 67.9 cm³/mol. The molecule has 3 amide bonds. The van der Waals surface area contributed by atoms with Gasteiger partial charge in [-0.05, 0) is 38.1 Å². The van der Waals surface area contributed by atoms with Crippen molar-refractivity contribution in [1.82, 2.24) is 15.5 Å². The fourth-order valence-electron chi connectivity index (χ4n) is 2.79. The van der Waals surface area contributed by atoms with E-state index in [0.29, 0.717) is 12.5 Å². The number of primary amides is 1. The van der Waals surface area contributed by atoms with Crippen molar-refractivity contribution in [3.05, 3.63) is 0 Å². The van der Waals surface area contributed by atoms with Crippen LogP contribution in [0.2, 0.25) is 0 Å². The summed E-state index contributed by atoms with van der Waals surface area (Å²) < 4.78 is 0. The Hall–Kier alpha value is -1.30. The molecule has 1 unspecified atom stereocenters. The van der Waals surface area contributed by atoms with Gasteiger partial charge in [0, 0.05) is 19.6 Å². The molecule has 18 heavy (non-hydrogen) atoms. The van der Waals surface area contributed by atoms with Crippen LogP contribution in [-0.4, -0.2) is 49.1 Å². The maximum absolute atomic E-state index is 12.2. The van der Waals surface area contributed by atoms with Crippen molar-refractivity contribution < 1.29 is 9.59 Å². The molecular formula is C12H22N4O2. The van der Waals surface area contributed by atoms with Crippen molar-refractivity contribution in [2.45, 2.75) is 31.7 Å². The van der Waals surface area contributed by atoms with E-state index in [0.717, 1.165) is 45.3 Å². The van der Waals surface area contributed by atoms with Crippen LogP contribution in [0.4, 0.5) is 4.79 Å². The van der Waals surface area contributed by atoms with Crippen molar-refractivity contribution in [2.24, 2.45) is 11.7 Å². The number of hydrogen-bond acceptors (Lipinski definition) is 3. The number of hydrogen-bond donors (Lipinski definition) is 3. The highest BCUT2D eigenvalue weighted by Crippen LogP contribution is 2.18. The second-order valence-electron chi connectivity index (χ2n) is 5.19. The van der Waals surface area contributed by atoms with Gasteiger partial charge in [0.15, 0.2) is 0 Å². The van der Waals surface area contributed by atoms with Gasteiger partial charge in [-0.2, -0.15) is 0 Å². The number of carbonyl (C=O) groups excluding carboxylic acids is 2. The molecule has 2 fully saturated rings. The van der Waals surface area contributed by atoms with Gasteiger partial charge in [0.1, 0.15) is 0 Å². The molecule has 2 rings (SSSR count). The number of carbonyl (C=O) groups is 2. The molecule has 2 aliphatic rings. The van der Waals surface area contributed by atoms with E-state index < -0.39 is 6.03 Å². The summed E-state index contributed by atoms with van der Waals surface area (Å²) in [6, 6.07) is -0.483. The third kappa shape index (κ3) is 3.35. The highest BCUT2D eigenvalue weighted by molar-refractivity contribution is 5.82. The molecule has 0 aliphatic carbocycles. The lowest BCUT2D eigenvalue weighted by atomic mass is 9.97. The van der Waals surface area contributed by atoms with Crippen LogP contribution in [0.1, 0.15) is 25.7 Å². The molecule has 4 N–H and O–H groups in total. The first kappa shape index (κ1) is 13.1. The van der Waals surface area contributed by atoms with Crippen LogP contribution < -0.4 is 16.4 Å². The van der Waals surface area contributed by atoms with Crippen LogP contribution in [0.5, 0.6) is 0 Å². The molecule has 0 saturated carbocycles. The van der Waals surface area contributed by atoms with Gasteiger partial charge in [0.05, 0.1) is 6.04 Å². The standard InChI is InChI=1S/C12H22N4O2/c13-12(18)15-7-9-3-2-6-16(8-9)11(17)10-4-1-5-14-10/h9-10,14H,1-8H2,(H3,13,15,18)/t9?,10-/m1/s1. The van der Waals surface area contributed by atoms with E-state index in [4.69, 9.17) is 5.73 Å². The minimum absolute atomic E-state index is 0.00727. The molecule has 2 atom stereocenters. The Morgan fingerprint density at radius 1 is 1.33 bits per heavy atom. The smallest absolute Gasteiger partial charge is 0.312 e. The third-order valence-electron chi connectivity index (χ3n) is 3.75. The fraction of sp³-hybridized carbons (Fsp3) is 0.833. The maximum Gasteiger partial charge on any atom is 0.312 e. The van der Waals surface area contributed by atoms with Gasteiger partial charge in [-0.3, -0.25) is 4.79 Å². The van der Waals surface area contributed by atoms with E-state index in [9.17, 15) is 9.59 Å². The predicted octanol–water partition coefficient (Wildman–Crippen LogP) is -0.355. The Morgan fingerprint density at radius 3 is 2.83 bits per heavy atom. The molecule has 102 valence electrons. The zero-order valence-corrected chi connectivity index (χ0v) is 10.7. The van der Waals surface area contributed by atoms with Crippen molar-refractivity contribution in [3.8, 4) is 0 Å². The van der Waals surface area contributed by atoms with Gasteiger partial charge in [-0.25, -0.2) is 4.79 Å². The number of rotatable bonds is 3. The van der Waals surface area contributed by atoms with Gasteiger partial charge < -0.3 is 21.3 Å². The molecule has 0 aromatic heterocycles. The molecule has 0 spiro atoms. The van der Waals surface area contributed by atoms with Crippen LogP contribution in [0, 0.1) is 5.92 Å². The van der Waals surface area contributed by atoms with Gasteiger partial charge in [-0.1, -0.05) is 0 Å². The van der Waals surface area contributed by atoms with E-state index in [1.165, 1.54) is 0 Å². The Balaban J connectivity index is 1.81. The molecule has 0 aromatic rings. The fourth-order valence-corrected chi connectivity index (χ4v) is 2.79. The summed E-state index contributed by atoms with van der Waals surface area (Å²) in [6.07, 6.45) is 4.07. The number of nitrogens with one attached hydrogen (secondary N) is 2. The Morgan fingerprint density at radius 2 is 2.17 bits per heavy atom. The van der Waals surface area contributed by atoms with E-state index in [2.05, 4.69) is 10.6 Å². The lowest BCUT2D eigenvalue weighted by molar-refractivity contribution is -0.134. The quantitative estimate of drug-likeness (QED) is 0.643. The van der Waals surface area contributed by atoms with Crippen molar-refractivity contribution in [1.29, 1.82) is 0 Å². The first-order valence-corrected chi connectivity index (χ1v) is 6.72. The Kier molecular flexibility index (Phi) is 4.41. The van der Waals surface area contributed by atoms with E-state index in [-0.39, 0.29) is 11.9 Å². The van der Waals surface area contributed by atoms with E-state index >= 15 is 0 Å².